The van der Waals surface area contributed by atoms with Crippen molar-refractivity contribution in [3.05, 3.63) is 58.1 Å². The fourth-order valence-electron chi connectivity index (χ4n) is 2.23. The van der Waals surface area contributed by atoms with Gasteiger partial charge in [-0.05, 0) is 48.7 Å². The highest BCUT2D eigenvalue weighted by atomic mass is 35.5. The standard InChI is InChI=1S/C18H20Cl2N2O3S/c1-11(2)13-4-7-15(8-5-13)21-18(23)12(3)22-26(24,25)17-10-14(19)6-9-16(17)20/h4-12,22H,1-3H3,(H,21,23)/t12-/m1/s1. The molecule has 0 aliphatic carbocycles. The Morgan fingerprint density at radius 3 is 2.19 bits per heavy atom. The molecule has 2 aromatic carbocycles. The molecule has 0 spiro atoms. The van der Waals surface area contributed by atoms with Crippen molar-refractivity contribution in [2.24, 2.45) is 0 Å². The molecule has 26 heavy (non-hydrogen) atoms. The third kappa shape index (κ3) is 5.20. The first-order valence-corrected chi connectivity index (χ1v) is 10.2. The van der Waals surface area contributed by atoms with E-state index in [0.717, 1.165) is 5.56 Å². The quantitative estimate of drug-likeness (QED) is 0.733. The summed E-state index contributed by atoms with van der Waals surface area (Å²) in [6.45, 7) is 5.60. The second-order valence-electron chi connectivity index (χ2n) is 6.18. The summed E-state index contributed by atoms with van der Waals surface area (Å²) < 4.78 is 27.2. The Morgan fingerprint density at radius 2 is 1.62 bits per heavy atom. The number of anilines is 1. The van der Waals surface area contributed by atoms with Gasteiger partial charge in [0, 0.05) is 10.7 Å². The molecule has 2 aromatic rings. The number of hydrogen-bond donors (Lipinski definition) is 2. The Kier molecular flexibility index (Phi) is 6.69. The number of nitrogens with one attached hydrogen (secondary N) is 2. The molecule has 2 rings (SSSR count). The van der Waals surface area contributed by atoms with Gasteiger partial charge in [-0.25, -0.2) is 8.42 Å². The van der Waals surface area contributed by atoms with E-state index in [2.05, 4.69) is 23.9 Å². The SMILES string of the molecule is CC(C)c1ccc(NC(=O)[C@@H](C)NS(=O)(=O)c2cc(Cl)ccc2Cl)cc1. The number of carbonyl (C=O) groups excluding carboxylic acids is 1. The molecule has 0 saturated heterocycles. The first-order valence-electron chi connectivity index (χ1n) is 7.98. The average molecular weight is 415 g/mol. The second-order valence-corrected chi connectivity index (χ2v) is 8.71. The van der Waals surface area contributed by atoms with E-state index in [9.17, 15) is 13.2 Å². The van der Waals surface area contributed by atoms with E-state index < -0.39 is 22.0 Å². The van der Waals surface area contributed by atoms with Crippen molar-refractivity contribution < 1.29 is 13.2 Å². The average Bonchev–Trinajstić information content (AvgIpc) is 2.57. The van der Waals surface area contributed by atoms with Gasteiger partial charge in [-0.1, -0.05) is 49.2 Å². The number of carbonyl (C=O) groups is 1. The van der Waals surface area contributed by atoms with Gasteiger partial charge in [0.05, 0.1) is 11.1 Å². The summed E-state index contributed by atoms with van der Waals surface area (Å²) >= 11 is 11.8. The Labute approximate surface area is 163 Å². The van der Waals surface area contributed by atoms with Crippen LogP contribution in [0.3, 0.4) is 0 Å². The van der Waals surface area contributed by atoms with Gasteiger partial charge < -0.3 is 5.32 Å². The first kappa shape index (κ1) is 20.7. The lowest BCUT2D eigenvalue weighted by Gasteiger charge is -2.15. The molecule has 0 fully saturated rings. The number of halogens is 2. The summed E-state index contributed by atoms with van der Waals surface area (Å²) in [5.74, 6) is -0.100. The van der Waals surface area contributed by atoms with Crippen molar-refractivity contribution in [1.29, 1.82) is 0 Å². The molecular formula is C18H20Cl2N2O3S. The van der Waals surface area contributed by atoms with E-state index in [4.69, 9.17) is 23.2 Å². The largest absolute Gasteiger partial charge is 0.325 e. The Balaban J connectivity index is 2.09. The van der Waals surface area contributed by atoms with Crippen LogP contribution >= 0.6 is 23.2 Å². The van der Waals surface area contributed by atoms with Crippen molar-refractivity contribution in [1.82, 2.24) is 4.72 Å². The summed E-state index contributed by atoms with van der Waals surface area (Å²) in [5, 5.41) is 2.94. The zero-order chi connectivity index (χ0) is 19.5. The Bertz CT molecular complexity index is 897. The monoisotopic (exact) mass is 414 g/mol. The van der Waals surface area contributed by atoms with Gasteiger partial charge >= 0.3 is 0 Å². The second kappa shape index (κ2) is 8.39. The fourth-order valence-corrected chi connectivity index (χ4v) is 4.20. The number of sulfonamides is 1. The van der Waals surface area contributed by atoms with Gasteiger partial charge in [0.25, 0.3) is 0 Å². The molecular weight excluding hydrogens is 395 g/mol. The number of hydrogen-bond acceptors (Lipinski definition) is 3. The third-order valence-electron chi connectivity index (χ3n) is 3.75. The van der Waals surface area contributed by atoms with Crippen LogP contribution in [-0.2, 0) is 14.8 Å². The minimum atomic E-state index is -4.00. The highest BCUT2D eigenvalue weighted by Gasteiger charge is 2.24. The minimum absolute atomic E-state index is 0.0267. The normalized spacial score (nSPS) is 12.8. The molecule has 0 heterocycles. The van der Waals surface area contributed by atoms with Gasteiger partial charge in [0.1, 0.15) is 4.90 Å². The van der Waals surface area contributed by atoms with E-state index in [1.54, 1.807) is 12.1 Å². The maximum absolute atomic E-state index is 12.5. The van der Waals surface area contributed by atoms with E-state index in [1.165, 1.54) is 25.1 Å². The molecule has 140 valence electrons. The molecule has 5 nitrogen and oxygen atoms in total. The van der Waals surface area contributed by atoms with Gasteiger partial charge in [0.2, 0.25) is 15.9 Å². The number of amides is 1. The highest BCUT2D eigenvalue weighted by molar-refractivity contribution is 7.89. The number of rotatable bonds is 6. The van der Waals surface area contributed by atoms with Crippen molar-refractivity contribution in [3.63, 3.8) is 0 Å². The smallest absolute Gasteiger partial charge is 0.242 e. The first-order chi connectivity index (χ1) is 12.1. The molecule has 1 amide bonds. The maximum Gasteiger partial charge on any atom is 0.242 e. The Morgan fingerprint density at radius 1 is 1.00 bits per heavy atom. The van der Waals surface area contributed by atoms with Gasteiger partial charge in [-0.3, -0.25) is 4.79 Å². The van der Waals surface area contributed by atoms with Crippen molar-refractivity contribution in [2.45, 2.75) is 37.6 Å². The van der Waals surface area contributed by atoms with Gasteiger partial charge in [-0.15, -0.1) is 0 Å². The summed E-state index contributed by atoms with van der Waals surface area (Å²) in [7, 11) is -4.00. The van der Waals surface area contributed by atoms with E-state index in [1.807, 2.05) is 12.1 Å². The predicted octanol–water partition coefficient (Wildman–Crippen LogP) is 4.42. The molecule has 0 bridgehead atoms. The fraction of sp³-hybridized carbons (Fsp3) is 0.278. The van der Waals surface area contributed by atoms with Crippen LogP contribution in [-0.4, -0.2) is 20.4 Å². The molecule has 0 aromatic heterocycles. The lowest BCUT2D eigenvalue weighted by atomic mass is 10.0. The van der Waals surface area contributed by atoms with E-state index in [0.29, 0.717) is 11.6 Å². The molecule has 0 saturated carbocycles. The van der Waals surface area contributed by atoms with E-state index in [-0.39, 0.29) is 14.9 Å². The summed E-state index contributed by atoms with van der Waals surface area (Å²) in [6, 6.07) is 10.5. The lowest BCUT2D eigenvalue weighted by Crippen LogP contribution is -2.41. The molecule has 1 atom stereocenters. The van der Waals surface area contributed by atoms with Crippen molar-refractivity contribution in [3.8, 4) is 0 Å². The Hall–Kier alpha value is -1.60. The van der Waals surface area contributed by atoms with Crippen LogP contribution in [0, 0.1) is 0 Å². The highest BCUT2D eigenvalue weighted by Crippen LogP contribution is 2.25. The third-order valence-corrected chi connectivity index (χ3v) is 6.01. The summed E-state index contributed by atoms with van der Waals surface area (Å²) in [4.78, 5) is 12.1. The van der Waals surface area contributed by atoms with Crippen molar-refractivity contribution >= 4 is 44.8 Å². The molecule has 0 aliphatic rings. The predicted molar refractivity (Wildman–Crippen MR) is 105 cm³/mol. The van der Waals surface area contributed by atoms with Crippen molar-refractivity contribution in [2.75, 3.05) is 5.32 Å². The molecule has 8 heteroatoms. The van der Waals surface area contributed by atoms with Crippen LogP contribution in [0.2, 0.25) is 10.0 Å². The zero-order valence-corrected chi connectivity index (χ0v) is 16.9. The zero-order valence-electron chi connectivity index (χ0n) is 14.6. The molecule has 0 aliphatic heterocycles. The lowest BCUT2D eigenvalue weighted by molar-refractivity contribution is -0.117. The van der Waals surface area contributed by atoms with E-state index >= 15 is 0 Å². The topological polar surface area (TPSA) is 75.3 Å². The molecule has 2 N–H and O–H groups in total. The molecule has 0 unspecified atom stereocenters. The molecule has 0 radical (unpaired) electrons. The van der Waals surface area contributed by atoms with Gasteiger partial charge in [-0.2, -0.15) is 4.72 Å². The minimum Gasteiger partial charge on any atom is -0.325 e. The number of benzene rings is 2. The summed E-state index contributed by atoms with van der Waals surface area (Å²) in [6.07, 6.45) is 0. The van der Waals surface area contributed by atoms with Crippen LogP contribution in [0.25, 0.3) is 0 Å². The maximum atomic E-state index is 12.5. The van der Waals surface area contributed by atoms with Crippen LogP contribution in [0.15, 0.2) is 47.4 Å². The van der Waals surface area contributed by atoms with Gasteiger partial charge in [0.15, 0.2) is 0 Å². The summed E-state index contributed by atoms with van der Waals surface area (Å²) in [5.41, 5.74) is 1.73. The van der Waals surface area contributed by atoms with Crippen LogP contribution in [0.4, 0.5) is 5.69 Å². The van der Waals surface area contributed by atoms with Crippen LogP contribution in [0.1, 0.15) is 32.3 Å². The van der Waals surface area contributed by atoms with Crippen LogP contribution < -0.4 is 10.0 Å². The van der Waals surface area contributed by atoms with Crippen LogP contribution in [0.5, 0.6) is 0 Å².